The van der Waals surface area contributed by atoms with Gasteiger partial charge in [-0.1, -0.05) is 328 Å². The fraction of sp³-hybridized carbons (Fsp3) is 0.982. The normalized spacial score (nSPS) is 11.3. The van der Waals surface area contributed by atoms with E-state index in [0.717, 1.165) is 19.3 Å². The van der Waals surface area contributed by atoms with Crippen molar-refractivity contribution >= 4 is 5.97 Å². The van der Waals surface area contributed by atoms with Crippen LogP contribution in [0.3, 0.4) is 0 Å². The highest BCUT2D eigenvalue weighted by molar-refractivity contribution is 5.66. The molecule has 0 aliphatic rings. The Morgan fingerprint density at radius 2 is 0.373 bits per heavy atom. The molecular weight excluding hydrogens is 721 g/mol. The number of aliphatic carboxylic acids is 1. The standard InChI is InChI=1S/C30H62O.C26H52O2/c1-2-3-4-5-6-7-8-9-10-11-12-13-14-15-16-17-18-19-20-21-22-23-24-25-26-27-28-29-30-31;1-2-3-4-5-6-7-8-9-10-11-12-13-14-15-16-17-18-19-20-21-22-23-24-25-26(27)28/h31H,2-30H2,1H3;2-25H2,1H3,(H,27,28). The molecule has 3 nitrogen and oxygen atoms in total. The SMILES string of the molecule is CCCCCCCCCCCCCCCCCCCCCCCCCC(=O)O.CCCCCCCCCCCCCCCCCCCCCCCCCCCCCCO. The molecule has 0 amide bonds. The zero-order valence-corrected chi connectivity index (χ0v) is 41.3. The van der Waals surface area contributed by atoms with Crippen molar-refractivity contribution in [3.05, 3.63) is 0 Å². The molecule has 0 fully saturated rings. The first-order valence-electron chi connectivity index (χ1n) is 28.0. The van der Waals surface area contributed by atoms with E-state index >= 15 is 0 Å². The maximum atomic E-state index is 10.4. The fourth-order valence-corrected chi connectivity index (χ4v) is 8.84. The number of aliphatic hydroxyl groups excluding tert-OH is 1. The molecule has 0 atom stereocenters. The summed E-state index contributed by atoms with van der Waals surface area (Å²) in [6, 6.07) is 0. The van der Waals surface area contributed by atoms with Crippen molar-refractivity contribution in [1.29, 1.82) is 0 Å². The Hall–Kier alpha value is -0.570. The highest BCUT2D eigenvalue weighted by Crippen LogP contribution is 2.18. The molecule has 0 heterocycles. The molecule has 0 aliphatic heterocycles. The summed E-state index contributed by atoms with van der Waals surface area (Å²) in [5.74, 6) is -0.650. The van der Waals surface area contributed by atoms with Crippen molar-refractivity contribution in [3.63, 3.8) is 0 Å². The van der Waals surface area contributed by atoms with E-state index in [1.165, 1.54) is 308 Å². The van der Waals surface area contributed by atoms with Crippen LogP contribution in [-0.4, -0.2) is 22.8 Å². The van der Waals surface area contributed by atoms with E-state index in [1.54, 1.807) is 0 Å². The molecule has 59 heavy (non-hydrogen) atoms. The highest BCUT2D eigenvalue weighted by Gasteiger charge is 1.99. The minimum Gasteiger partial charge on any atom is -0.481 e. The molecule has 3 heteroatoms. The second kappa shape index (κ2) is 59.5. The lowest BCUT2D eigenvalue weighted by Gasteiger charge is -2.04. The van der Waals surface area contributed by atoms with E-state index in [9.17, 15) is 4.79 Å². The van der Waals surface area contributed by atoms with Gasteiger partial charge in [-0.3, -0.25) is 4.79 Å². The smallest absolute Gasteiger partial charge is 0.303 e. The molecule has 2 N–H and O–H groups in total. The van der Waals surface area contributed by atoms with E-state index in [1.807, 2.05) is 0 Å². The molecule has 0 rings (SSSR count). The molecule has 0 radical (unpaired) electrons. The second-order valence-corrected chi connectivity index (χ2v) is 19.2. The van der Waals surface area contributed by atoms with Gasteiger partial charge in [0.25, 0.3) is 0 Å². The maximum Gasteiger partial charge on any atom is 0.303 e. The van der Waals surface area contributed by atoms with Gasteiger partial charge >= 0.3 is 5.97 Å². The molecular formula is C56H114O3. The summed E-state index contributed by atoms with van der Waals surface area (Å²) in [6.45, 7) is 4.97. The monoisotopic (exact) mass is 835 g/mol. The number of rotatable bonds is 52. The van der Waals surface area contributed by atoms with E-state index < -0.39 is 5.97 Å². The Morgan fingerprint density at radius 1 is 0.237 bits per heavy atom. The van der Waals surface area contributed by atoms with Gasteiger partial charge in [0.2, 0.25) is 0 Å². The number of hydrogen-bond acceptors (Lipinski definition) is 2. The Kier molecular flexibility index (Phi) is 61.1. The molecule has 0 aromatic heterocycles. The third-order valence-corrected chi connectivity index (χ3v) is 13.0. The average molecular weight is 836 g/mol. The fourth-order valence-electron chi connectivity index (χ4n) is 8.84. The zero-order valence-electron chi connectivity index (χ0n) is 41.3. The minimum absolute atomic E-state index is 0.346. The summed E-state index contributed by atoms with van der Waals surface area (Å²) < 4.78 is 0. The van der Waals surface area contributed by atoms with Crippen LogP contribution in [0.5, 0.6) is 0 Å². The Labute approximate surface area is 374 Å². The summed E-state index contributed by atoms with van der Waals surface area (Å²) in [7, 11) is 0. The predicted molar refractivity (Wildman–Crippen MR) is 266 cm³/mol. The molecule has 356 valence electrons. The van der Waals surface area contributed by atoms with Gasteiger partial charge in [0.15, 0.2) is 0 Å². The molecule has 0 unspecified atom stereocenters. The summed E-state index contributed by atoms with van der Waals surface area (Å²) in [5.41, 5.74) is 0. The van der Waals surface area contributed by atoms with Crippen molar-refractivity contribution in [3.8, 4) is 0 Å². The number of carboxylic acid groups (broad SMARTS) is 1. The number of unbranched alkanes of at least 4 members (excludes halogenated alkanes) is 49. The van der Waals surface area contributed by atoms with Crippen LogP contribution in [0.15, 0.2) is 0 Å². The third kappa shape index (κ3) is 64.2. The van der Waals surface area contributed by atoms with Gasteiger partial charge in [-0.05, 0) is 12.8 Å². The summed E-state index contributed by atoms with van der Waals surface area (Å²) in [4.78, 5) is 10.4. The van der Waals surface area contributed by atoms with Crippen LogP contribution >= 0.6 is 0 Å². The Balaban J connectivity index is 0. The van der Waals surface area contributed by atoms with Gasteiger partial charge in [0.05, 0.1) is 0 Å². The topological polar surface area (TPSA) is 57.5 Å². The molecule has 0 saturated carbocycles. The first-order valence-corrected chi connectivity index (χ1v) is 28.0. The lowest BCUT2D eigenvalue weighted by atomic mass is 10.0. The van der Waals surface area contributed by atoms with Crippen LogP contribution in [0.2, 0.25) is 0 Å². The third-order valence-electron chi connectivity index (χ3n) is 13.0. The van der Waals surface area contributed by atoms with Crippen molar-refractivity contribution in [2.24, 2.45) is 0 Å². The highest BCUT2D eigenvalue weighted by atomic mass is 16.4. The Bertz CT molecular complexity index is 679. The van der Waals surface area contributed by atoms with Crippen LogP contribution in [0, 0.1) is 0 Å². The zero-order chi connectivity index (χ0) is 43.1. The molecule has 0 bridgehead atoms. The van der Waals surface area contributed by atoms with Crippen LogP contribution in [0.1, 0.15) is 348 Å². The van der Waals surface area contributed by atoms with E-state index in [2.05, 4.69) is 13.8 Å². The molecule has 0 saturated heterocycles. The van der Waals surface area contributed by atoms with Crippen molar-refractivity contribution in [1.82, 2.24) is 0 Å². The van der Waals surface area contributed by atoms with Crippen molar-refractivity contribution in [2.45, 2.75) is 348 Å². The molecule has 0 spiro atoms. The van der Waals surface area contributed by atoms with Gasteiger partial charge in [0, 0.05) is 13.0 Å². The second-order valence-electron chi connectivity index (χ2n) is 19.2. The van der Waals surface area contributed by atoms with E-state index in [0.29, 0.717) is 13.0 Å². The first kappa shape index (κ1) is 60.5. The lowest BCUT2D eigenvalue weighted by molar-refractivity contribution is -0.137. The van der Waals surface area contributed by atoms with Gasteiger partial charge in [-0.15, -0.1) is 0 Å². The lowest BCUT2D eigenvalue weighted by Crippen LogP contribution is -1.93. The minimum atomic E-state index is -0.650. The van der Waals surface area contributed by atoms with Crippen molar-refractivity contribution < 1.29 is 15.0 Å². The molecule has 0 aromatic carbocycles. The number of carbonyl (C=O) groups is 1. The van der Waals surface area contributed by atoms with Crippen molar-refractivity contribution in [2.75, 3.05) is 6.61 Å². The molecule has 0 aliphatic carbocycles. The largest absolute Gasteiger partial charge is 0.481 e. The number of aliphatic hydroxyl groups is 1. The molecule has 0 aromatic rings. The average Bonchev–Trinajstić information content (AvgIpc) is 3.23. The quantitative estimate of drug-likeness (QED) is 0.0600. The van der Waals surface area contributed by atoms with Gasteiger partial charge in [0.1, 0.15) is 0 Å². The van der Waals surface area contributed by atoms with Gasteiger partial charge in [-0.25, -0.2) is 0 Å². The van der Waals surface area contributed by atoms with E-state index in [-0.39, 0.29) is 0 Å². The maximum absolute atomic E-state index is 10.4. The van der Waals surface area contributed by atoms with Crippen LogP contribution in [-0.2, 0) is 4.79 Å². The summed E-state index contributed by atoms with van der Waals surface area (Å²) >= 11 is 0. The number of hydrogen-bond donors (Lipinski definition) is 2. The van der Waals surface area contributed by atoms with Gasteiger partial charge < -0.3 is 10.2 Å². The van der Waals surface area contributed by atoms with E-state index in [4.69, 9.17) is 10.2 Å². The first-order chi connectivity index (χ1) is 29.2. The predicted octanol–water partition coefficient (Wildman–Crippen LogP) is 20.4. The van der Waals surface area contributed by atoms with Crippen LogP contribution in [0.25, 0.3) is 0 Å². The summed E-state index contributed by atoms with van der Waals surface area (Å²) in [5, 5.41) is 17.3. The Morgan fingerprint density at radius 3 is 0.508 bits per heavy atom. The summed E-state index contributed by atoms with van der Waals surface area (Å²) in [6.07, 6.45) is 72.1. The number of carboxylic acids is 1. The van der Waals surface area contributed by atoms with Crippen LogP contribution in [0.4, 0.5) is 0 Å². The van der Waals surface area contributed by atoms with Gasteiger partial charge in [-0.2, -0.15) is 0 Å². The van der Waals surface area contributed by atoms with Crippen LogP contribution < -0.4 is 0 Å².